The lowest BCUT2D eigenvalue weighted by Gasteiger charge is -2.13. The van der Waals surface area contributed by atoms with Crippen LogP contribution in [0.5, 0.6) is 11.5 Å². The third-order valence-electron chi connectivity index (χ3n) is 3.56. The SMILES string of the molecule is COc1ccc(CNC2CCC(SC)C2)cc1O. The fourth-order valence-electron chi connectivity index (χ4n) is 2.45. The molecule has 2 atom stereocenters. The van der Waals surface area contributed by atoms with Crippen LogP contribution in [-0.4, -0.2) is 29.8 Å². The second kappa shape index (κ2) is 6.34. The highest BCUT2D eigenvalue weighted by molar-refractivity contribution is 7.99. The Morgan fingerprint density at radius 3 is 2.89 bits per heavy atom. The monoisotopic (exact) mass is 267 g/mol. The highest BCUT2D eigenvalue weighted by Crippen LogP contribution is 2.29. The fraction of sp³-hybridized carbons (Fsp3) is 0.571. The Morgan fingerprint density at radius 1 is 1.44 bits per heavy atom. The van der Waals surface area contributed by atoms with Gasteiger partial charge in [-0.3, -0.25) is 0 Å². The van der Waals surface area contributed by atoms with Gasteiger partial charge in [0.15, 0.2) is 11.5 Å². The summed E-state index contributed by atoms with van der Waals surface area (Å²) in [4.78, 5) is 0. The third kappa shape index (κ3) is 3.33. The van der Waals surface area contributed by atoms with Crippen molar-refractivity contribution >= 4 is 11.8 Å². The molecule has 0 bridgehead atoms. The average molecular weight is 267 g/mol. The smallest absolute Gasteiger partial charge is 0.160 e. The standard InChI is InChI=1S/C14H21NO2S/c1-17-14-6-3-10(7-13(14)16)9-15-11-4-5-12(8-11)18-2/h3,6-7,11-12,15-16H,4-5,8-9H2,1-2H3. The van der Waals surface area contributed by atoms with Gasteiger partial charge in [0.05, 0.1) is 7.11 Å². The highest BCUT2D eigenvalue weighted by Gasteiger charge is 2.23. The zero-order chi connectivity index (χ0) is 13.0. The van der Waals surface area contributed by atoms with E-state index >= 15 is 0 Å². The number of aromatic hydroxyl groups is 1. The van der Waals surface area contributed by atoms with Crippen molar-refractivity contribution in [2.24, 2.45) is 0 Å². The molecule has 2 unspecified atom stereocenters. The molecule has 1 saturated carbocycles. The van der Waals surface area contributed by atoms with Gasteiger partial charge in [-0.05, 0) is 43.2 Å². The molecule has 1 aromatic rings. The Balaban J connectivity index is 1.85. The van der Waals surface area contributed by atoms with Gasteiger partial charge in [-0.2, -0.15) is 11.8 Å². The Hall–Kier alpha value is -0.870. The predicted octanol–water partition coefficient (Wildman–Crippen LogP) is 2.77. The van der Waals surface area contributed by atoms with Crippen LogP contribution in [0.4, 0.5) is 0 Å². The van der Waals surface area contributed by atoms with E-state index in [1.165, 1.54) is 19.3 Å². The molecule has 2 rings (SSSR count). The maximum absolute atomic E-state index is 9.71. The van der Waals surface area contributed by atoms with E-state index in [1.54, 1.807) is 13.2 Å². The second-order valence-electron chi connectivity index (χ2n) is 4.75. The Kier molecular flexibility index (Phi) is 4.78. The van der Waals surface area contributed by atoms with E-state index in [0.29, 0.717) is 11.8 Å². The molecule has 0 aliphatic heterocycles. The van der Waals surface area contributed by atoms with Crippen LogP contribution in [0.3, 0.4) is 0 Å². The fourth-order valence-corrected chi connectivity index (χ4v) is 3.24. The molecule has 1 aliphatic carbocycles. The number of rotatable bonds is 5. The van der Waals surface area contributed by atoms with Crippen molar-refractivity contribution in [1.82, 2.24) is 5.32 Å². The number of benzene rings is 1. The molecule has 3 nitrogen and oxygen atoms in total. The molecule has 0 radical (unpaired) electrons. The molecule has 0 aromatic heterocycles. The summed E-state index contributed by atoms with van der Waals surface area (Å²) >= 11 is 1.97. The summed E-state index contributed by atoms with van der Waals surface area (Å²) in [7, 11) is 1.56. The van der Waals surface area contributed by atoms with Gasteiger partial charge in [0.2, 0.25) is 0 Å². The van der Waals surface area contributed by atoms with E-state index in [-0.39, 0.29) is 5.75 Å². The summed E-state index contributed by atoms with van der Waals surface area (Å²) in [5, 5.41) is 14.1. The van der Waals surface area contributed by atoms with Crippen LogP contribution in [0.1, 0.15) is 24.8 Å². The topological polar surface area (TPSA) is 41.5 Å². The van der Waals surface area contributed by atoms with Gasteiger partial charge < -0.3 is 15.2 Å². The van der Waals surface area contributed by atoms with Crippen LogP contribution in [0.2, 0.25) is 0 Å². The molecule has 0 spiro atoms. The maximum Gasteiger partial charge on any atom is 0.160 e. The third-order valence-corrected chi connectivity index (χ3v) is 4.65. The Morgan fingerprint density at radius 2 is 2.28 bits per heavy atom. The minimum Gasteiger partial charge on any atom is -0.504 e. The van der Waals surface area contributed by atoms with Gasteiger partial charge in [-0.15, -0.1) is 0 Å². The van der Waals surface area contributed by atoms with E-state index < -0.39 is 0 Å². The summed E-state index contributed by atoms with van der Waals surface area (Å²) in [5.74, 6) is 0.743. The number of nitrogens with one attached hydrogen (secondary N) is 1. The van der Waals surface area contributed by atoms with Crippen molar-refractivity contribution in [3.05, 3.63) is 23.8 Å². The highest BCUT2D eigenvalue weighted by atomic mass is 32.2. The number of thioether (sulfide) groups is 1. The Labute approximate surface area is 113 Å². The lowest BCUT2D eigenvalue weighted by Crippen LogP contribution is -2.26. The van der Waals surface area contributed by atoms with Gasteiger partial charge in [0.25, 0.3) is 0 Å². The van der Waals surface area contributed by atoms with Gasteiger partial charge in [0.1, 0.15) is 0 Å². The van der Waals surface area contributed by atoms with Crippen LogP contribution in [0.25, 0.3) is 0 Å². The summed E-state index contributed by atoms with van der Waals surface area (Å²) in [5.41, 5.74) is 1.10. The Bertz CT molecular complexity index is 397. The van der Waals surface area contributed by atoms with E-state index in [9.17, 15) is 5.11 Å². The molecule has 1 aromatic carbocycles. The molecule has 0 amide bonds. The lowest BCUT2D eigenvalue weighted by atomic mass is 10.1. The maximum atomic E-state index is 9.71. The number of hydrogen-bond donors (Lipinski definition) is 2. The molecule has 1 fully saturated rings. The van der Waals surface area contributed by atoms with Gasteiger partial charge in [0, 0.05) is 17.8 Å². The number of phenols is 1. The molecular formula is C14H21NO2S. The van der Waals surface area contributed by atoms with Crippen molar-refractivity contribution in [3.63, 3.8) is 0 Å². The quantitative estimate of drug-likeness (QED) is 0.861. The normalized spacial score (nSPS) is 23.2. The van der Waals surface area contributed by atoms with Crippen LogP contribution in [0.15, 0.2) is 18.2 Å². The van der Waals surface area contributed by atoms with Crippen molar-refractivity contribution < 1.29 is 9.84 Å². The lowest BCUT2D eigenvalue weighted by molar-refractivity contribution is 0.372. The zero-order valence-electron chi connectivity index (χ0n) is 11.0. The zero-order valence-corrected chi connectivity index (χ0v) is 11.8. The second-order valence-corrected chi connectivity index (χ2v) is 5.89. The van der Waals surface area contributed by atoms with Gasteiger partial charge in [-0.25, -0.2) is 0 Å². The van der Waals surface area contributed by atoms with Crippen LogP contribution >= 0.6 is 11.8 Å². The number of hydrogen-bond acceptors (Lipinski definition) is 4. The van der Waals surface area contributed by atoms with Crippen LogP contribution in [0, 0.1) is 0 Å². The molecule has 100 valence electrons. The van der Waals surface area contributed by atoms with Crippen molar-refractivity contribution in [2.75, 3.05) is 13.4 Å². The minimum absolute atomic E-state index is 0.213. The largest absolute Gasteiger partial charge is 0.504 e. The van der Waals surface area contributed by atoms with Crippen LogP contribution < -0.4 is 10.1 Å². The van der Waals surface area contributed by atoms with Gasteiger partial charge in [-0.1, -0.05) is 6.07 Å². The first kappa shape index (κ1) is 13.6. The summed E-state index contributed by atoms with van der Waals surface area (Å²) < 4.78 is 5.03. The summed E-state index contributed by atoms with van der Waals surface area (Å²) in [6, 6.07) is 6.19. The first-order valence-corrected chi connectivity index (χ1v) is 7.63. The van der Waals surface area contributed by atoms with Crippen molar-refractivity contribution in [1.29, 1.82) is 0 Å². The average Bonchev–Trinajstić information content (AvgIpc) is 2.84. The van der Waals surface area contributed by atoms with Crippen LogP contribution in [-0.2, 0) is 6.54 Å². The van der Waals surface area contributed by atoms with E-state index in [4.69, 9.17) is 4.74 Å². The molecule has 2 N–H and O–H groups in total. The number of phenolic OH excluding ortho intramolecular Hbond substituents is 1. The summed E-state index contributed by atoms with van der Waals surface area (Å²) in [6.07, 6.45) is 6.01. The predicted molar refractivity (Wildman–Crippen MR) is 76.4 cm³/mol. The van der Waals surface area contributed by atoms with E-state index in [0.717, 1.165) is 17.4 Å². The molecule has 1 aliphatic rings. The molecule has 4 heteroatoms. The van der Waals surface area contributed by atoms with Crippen molar-refractivity contribution in [2.45, 2.75) is 37.1 Å². The number of methoxy groups -OCH3 is 1. The first-order valence-electron chi connectivity index (χ1n) is 6.35. The molecule has 0 heterocycles. The molecule has 18 heavy (non-hydrogen) atoms. The number of ether oxygens (including phenoxy) is 1. The molecular weight excluding hydrogens is 246 g/mol. The van der Waals surface area contributed by atoms with E-state index in [2.05, 4.69) is 11.6 Å². The van der Waals surface area contributed by atoms with Crippen molar-refractivity contribution in [3.8, 4) is 11.5 Å². The van der Waals surface area contributed by atoms with E-state index in [1.807, 2.05) is 23.9 Å². The first-order chi connectivity index (χ1) is 8.72. The van der Waals surface area contributed by atoms with Gasteiger partial charge >= 0.3 is 0 Å². The summed E-state index contributed by atoms with van der Waals surface area (Å²) in [6.45, 7) is 0.809. The molecule has 0 saturated heterocycles. The minimum atomic E-state index is 0.213.